The monoisotopic (exact) mass is 140 g/mol. The Hall–Kier alpha value is -0.0800. The van der Waals surface area contributed by atoms with Crippen LogP contribution >= 0.6 is 0 Å². The topological polar surface area (TPSA) is 15.3 Å². The standard InChI is InChI=1S/C8H16N2/c1-2-4-8-9-5-7-10(8)6-3-1/h8-9H,1-7H2. The van der Waals surface area contributed by atoms with E-state index in [1.54, 1.807) is 0 Å². The molecule has 2 heterocycles. The van der Waals surface area contributed by atoms with Crippen molar-refractivity contribution in [3.63, 3.8) is 0 Å². The molecule has 0 aromatic rings. The summed E-state index contributed by atoms with van der Waals surface area (Å²) in [5.74, 6) is 0. The van der Waals surface area contributed by atoms with Gasteiger partial charge in [0.15, 0.2) is 0 Å². The molecule has 0 aromatic heterocycles. The number of fused-ring (bicyclic) bond motifs is 1. The second-order valence-corrected chi connectivity index (χ2v) is 3.36. The molecule has 0 spiro atoms. The van der Waals surface area contributed by atoms with Crippen molar-refractivity contribution >= 4 is 0 Å². The van der Waals surface area contributed by atoms with Gasteiger partial charge in [0.25, 0.3) is 0 Å². The molecule has 0 amide bonds. The SMILES string of the molecule is C1CCC2NCCN2CC1. The molecule has 2 saturated heterocycles. The van der Waals surface area contributed by atoms with Gasteiger partial charge in [0, 0.05) is 13.1 Å². The molecule has 2 rings (SSSR count). The van der Waals surface area contributed by atoms with Crippen LogP contribution < -0.4 is 5.32 Å². The third-order valence-corrected chi connectivity index (χ3v) is 2.64. The highest BCUT2D eigenvalue weighted by molar-refractivity contribution is 4.79. The summed E-state index contributed by atoms with van der Waals surface area (Å²) in [5.41, 5.74) is 0. The van der Waals surface area contributed by atoms with Gasteiger partial charge in [0.1, 0.15) is 0 Å². The van der Waals surface area contributed by atoms with E-state index in [1.165, 1.54) is 45.3 Å². The molecule has 2 nitrogen and oxygen atoms in total. The summed E-state index contributed by atoms with van der Waals surface area (Å²) < 4.78 is 0. The minimum absolute atomic E-state index is 0.738. The zero-order valence-electron chi connectivity index (χ0n) is 6.47. The fraction of sp³-hybridized carbons (Fsp3) is 1.00. The van der Waals surface area contributed by atoms with Crippen molar-refractivity contribution in [1.29, 1.82) is 0 Å². The van der Waals surface area contributed by atoms with Crippen LogP contribution in [0.2, 0.25) is 0 Å². The van der Waals surface area contributed by atoms with Crippen LogP contribution in [0.5, 0.6) is 0 Å². The fourth-order valence-corrected chi connectivity index (χ4v) is 2.04. The number of hydrogen-bond donors (Lipinski definition) is 1. The number of nitrogens with zero attached hydrogens (tertiary/aromatic N) is 1. The summed E-state index contributed by atoms with van der Waals surface area (Å²) in [4.78, 5) is 2.59. The van der Waals surface area contributed by atoms with E-state index < -0.39 is 0 Å². The van der Waals surface area contributed by atoms with Crippen molar-refractivity contribution in [3.05, 3.63) is 0 Å². The molecule has 2 aliphatic rings. The Labute approximate surface area is 62.6 Å². The van der Waals surface area contributed by atoms with Gasteiger partial charge >= 0.3 is 0 Å². The Kier molecular flexibility index (Phi) is 1.91. The third-order valence-electron chi connectivity index (χ3n) is 2.64. The lowest BCUT2D eigenvalue weighted by Crippen LogP contribution is -2.34. The highest BCUT2D eigenvalue weighted by Crippen LogP contribution is 2.16. The molecular weight excluding hydrogens is 124 g/mol. The van der Waals surface area contributed by atoms with Gasteiger partial charge in [-0.3, -0.25) is 4.90 Å². The Morgan fingerprint density at radius 3 is 3.10 bits per heavy atom. The number of nitrogens with one attached hydrogen (secondary N) is 1. The predicted octanol–water partition coefficient (Wildman–Crippen LogP) is 0.792. The Morgan fingerprint density at radius 1 is 1.10 bits per heavy atom. The summed E-state index contributed by atoms with van der Waals surface area (Å²) in [6.07, 6.45) is 6.39. The van der Waals surface area contributed by atoms with Gasteiger partial charge in [0.05, 0.1) is 6.17 Å². The van der Waals surface area contributed by atoms with Crippen molar-refractivity contribution in [3.8, 4) is 0 Å². The van der Waals surface area contributed by atoms with Crippen LogP contribution in [0.4, 0.5) is 0 Å². The van der Waals surface area contributed by atoms with E-state index in [0.717, 1.165) is 6.17 Å². The largest absolute Gasteiger partial charge is 0.300 e. The zero-order valence-corrected chi connectivity index (χ0v) is 6.47. The molecule has 2 fully saturated rings. The lowest BCUT2D eigenvalue weighted by molar-refractivity contribution is 0.247. The first-order chi connectivity index (χ1) is 4.97. The molecule has 1 unspecified atom stereocenters. The summed E-state index contributed by atoms with van der Waals surface area (Å²) >= 11 is 0. The maximum Gasteiger partial charge on any atom is 0.0597 e. The van der Waals surface area contributed by atoms with Crippen LogP contribution in [0, 0.1) is 0 Å². The molecule has 1 N–H and O–H groups in total. The van der Waals surface area contributed by atoms with Crippen LogP contribution in [0.15, 0.2) is 0 Å². The highest BCUT2D eigenvalue weighted by Gasteiger charge is 2.24. The minimum atomic E-state index is 0.738. The lowest BCUT2D eigenvalue weighted by Gasteiger charge is -2.19. The normalized spacial score (nSPS) is 35.4. The van der Waals surface area contributed by atoms with Crippen LogP contribution in [0.3, 0.4) is 0 Å². The highest BCUT2D eigenvalue weighted by atomic mass is 15.3. The first-order valence-corrected chi connectivity index (χ1v) is 4.44. The first-order valence-electron chi connectivity index (χ1n) is 4.44. The van der Waals surface area contributed by atoms with Crippen LogP contribution in [-0.4, -0.2) is 30.7 Å². The maximum atomic E-state index is 3.52. The molecule has 0 bridgehead atoms. The van der Waals surface area contributed by atoms with Crippen LogP contribution in [-0.2, 0) is 0 Å². The van der Waals surface area contributed by atoms with Gasteiger partial charge in [0.2, 0.25) is 0 Å². The molecule has 2 heteroatoms. The van der Waals surface area contributed by atoms with E-state index >= 15 is 0 Å². The van der Waals surface area contributed by atoms with E-state index in [-0.39, 0.29) is 0 Å². The third kappa shape index (κ3) is 1.18. The Morgan fingerprint density at radius 2 is 2.10 bits per heavy atom. The number of rotatable bonds is 0. The van der Waals surface area contributed by atoms with E-state index in [4.69, 9.17) is 0 Å². The quantitative estimate of drug-likeness (QED) is 0.535. The molecule has 0 aliphatic carbocycles. The molecular formula is C8H16N2. The summed E-state index contributed by atoms with van der Waals surface area (Å²) in [6.45, 7) is 3.83. The van der Waals surface area contributed by atoms with Gasteiger partial charge < -0.3 is 5.32 Å². The van der Waals surface area contributed by atoms with Crippen LogP contribution in [0.1, 0.15) is 25.7 Å². The van der Waals surface area contributed by atoms with E-state index in [9.17, 15) is 0 Å². The van der Waals surface area contributed by atoms with Crippen molar-refractivity contribution in [2.45, 2.75) is 31.8 Å². The fourth-order valence-electron chi connectivity index (χ4n) is 2.04. The predicted molar refractivity (Wildman–Crippen MR) is 41.8 cm³/mol. The van der Waals surface area contributed by atoms with Gasteiger partial charge in [-0.2, -0.15) is 0 Å². The van der Waals surface area contributed by atoms with Crippen LogP contribution in [0.25, 0.3) is 0 Å². The minimum Gasteiger partial charge on any atom is -0.300 e. The van der Waals surface area contributed by atoms with E-state index in [1.807, 2.05) is 0 Å². The summed E-state index contributed by atoms with van der Waals surface area (Å²) in [6, 6.07) is 0. The molecule has 58 valence electrons. The van der Waals surface area contributed by atoms with Gasteiger partial charge in [-0.25, -0.2) is 0 Å². The van der Waals surface area contributed by atoms with Gasteiger partial charge in [-0.05, 0) is 19.4 Å². The maximum absolute atomic E-state index is 3.52. The molecule has 2 aliphatic heterocycles. The second kappa shape index (κ2) is 2.89. The molecule has 0 aromatic carbocycles. The summed E-state index contributed by atoms with van der Waals surface area (Å²) in [7, 11) is 0. The molecule has 0 radical (unpaired) electrons. The molecule has 10 heavy (non-hydrogen) atoms. The van der Waals surface area contributed by atoms with Gasteiger partial charge in [-0.15, -0.1) is 0 Å². The average molecular weight is 140 g/mol. The molecule has 1 atom stereocenters. The van der Waals surface area contributed by atoms with E-state index in [2.05, 4.69) is 10.2 Å². The lowest BCUT2D eigenvalue weighted by atomic mass is 10.2. The van der Waals surface area contributed by atoms with Crippen molar-refractivity contribution in [2.75, 3.05) is 19.6 Å². The Bertz CT molecular complexity index is 102. The second-order valence-electron chi connectivity index (χ2n) is 3.36. The van der Waals surface area contributed by atoms with Crippen molar-refractivity contribution in [1.82, 2.24) is 10.2 Å². The smallest absolute Gasteiger partial charge is 0.0597 e. The van der Waals surface area contributed by atoms with Crippen molar-refractivity contribution in [2.24, 2.45) is 0 Å². The van der Waals surface area contributed by atoms with Crippen molar-refractivity contribution < 1.29 is 0 Å². The first kappa shape index (κ1) is 6.62. The van der Waals surface area contributed by atoms with Gasteiger partial charge in [-0.1, -0.05) is 12.8 Å². The van der Waals surface area contributed by atoms with E-state index in [0.29, 0.717) is 0 Å². The summed E-state index contributed by atoms with van der Waals surface area (Å²) in [5, 5.41) is 3.52. The zero-order chi connectivity index (χ0) is 6.81. The average Bonchev–Trinajstić information content (AvgIpc) is 2.28. The number of hydrogen-bond acceptors (Lipinski definition) is 2. The molecule has 0 saturated carbocycles. The Balaban J connectivity index is 1.95.